The minimum Gasteiger partial charge on any atom is -0.435 e. The maximum Gasteiger partial charge on any atom is 0.387 e. The van der Waals surface area contributed by atoms with Gasteiger partial charge in [-0.2, -0.15) is 13.9 Å². The quantitative estimate of drug-likeness (QED) is 0.591. The zero-order chi connectivity index (χ0) is 21.0. The summed E-state index contributed by atoms with van der Waals surface area (Å²) in [4.78, 5) is 14.6. The summed E-state index contributed by atoms with van der Waals surface area (Å²) in [6, 6.07) is 16.2. The van der Waals surface area contributed by atoms with Crippen molar-refractivity contribution in [3.8, 4) is 5.75 Å². The molecule has 0 fully saturated rings. The number of hydrogen-bond donors (Lipinski definition) is 0. The molecule has 0 spiro atoms. The molecular weight excluding hydrogens is 376 g/mol. The molecule has 152 valence electrons. The topological polar surface area (TPSA) is 47.4 Å². The van der Waals surface area contributed by atoms with Crippen LogP contribution in [-0.2, 0) is 13.1 Å². The fourth-order valence-electron chi connectivity index (χ4n) is 3.23. The highest BCUT2D eigenvalue weighted by molar-refractivity contribution is 5.96. The molecule has 3 rings (SSSR count). The van der Waals surface area contributed by atoms with Crippen molar-refractivity contribution >= 4 is 5.91 Å². The van der Waals surface area contributed by atoms with Crippen LogP contribution in [0.15, 0.2) is 54.6 Å². The summed E-state index contributed by atoms with van der Waals surface area (Å²) < 4.78 is 30.7. The van der Waals surface area contributed by atoms with Crippen molar-refractivity contribution in [2.24, 2.45) is 0 Å². The van der Waals surface area contributed by atoms with E-state index in [9.17, 15) is 13.6 Å². The maximum atomic E-state index is 13.0. The Bertz CT molecular complexity index is 970. The average molecular weight is 399 g/mol. The Morgan fingerprint density at radius 3 is 2.34 bits per heavy atom. The summed E-state index contributed by atoms with van der Waals surface area (Å²) in [5.41, 5.74) is 3.99. The third-order valence-electron chi connectivity index (χ3n) is 4.69. The predicted molar refractivity (Wildman–Crippen MR) is 106 cm³/mol. The van der Waals surface area contributed by atoms with Crippen LogP contribution in [0.2, 0.25) is 0 Å². The van der Waals surface area contributed by atoms with Gasteiger partial charge in [0.25, 0.3) is 5.91 Å². The molecule has 1 aromatic heterocycles. The summed E-state index contributed by atoms with van der Waals surface area (Å²) in [6.07, 6.45) is 0. The van der Waals surface area contributed by atoms with Crippen LogP contribution in [-0.4, -0.2) is 34.2 Å². The van der Waals surface area contributed by atoms with Gasteiger partial charge in [0.2, 0.25) is 0 Å². The number of ether oxygens (including phenoxy) is 1. The number of aryl methyl sites for hydroxylation is 1. The Kier molecular flexibility index (Phi) is 6.26. The van der Waals surface area contributed by atoms with Gasteiger partial charge in [-0.25, -0.2) is 0 Å². The first-order valence-electron chi connectivity index (χ1n) is 9.22. The number of aromatic nitrogens is 2. The molecule has 0 unspecified atom stereocenters. The van der Waals surface area contributed by atoms with Gasteiger partial charge in [-0.15, -0.1) is 0 Å². The molecule has 0 bridgehead atoms. The van der Waals surface area contributed by atoms with E-state index in [1.807, 2.05) is 48.9 Å². The van der Waals surface area contributed by atoms with E-state index in [1.54, 1.807) is 24.1 Å². The first-order valence-corrected chi connectivity index (χ1v) is 9.22. The first-order chi connectivity index (χ1) is 13.8. The van der Waals surface area contributed by atoms with Gasteiger partial charge in [0.15, 0.2) is 0 Å². The van der Waals surface area contributed by atoms with Crippen molar-refractivity contribution in [2.45, 2.75) is 33.5 Å². The molecule has 1 amide bonds. The molecule has 2 aromatic carbocycles. The van der Waals surface area contributed by atoms with Crippen LogP contribution in [0.5, 0.6) is 5.75 Å². The predicted octanol–water partition coefficient (Wildman–Crippen LogP) is 4.42. The van der Waals surface area contributed by atoms with E-state index in [-0.39, 0.29) is 11.7 Å². The van der Waals surface area contributed by atoms with E-state index in [0.717, 1.165) is 16.8 Å². The van der Waals surface area contributed by atoms with Crippen LogP contribution in [0.3, 0.4) is 0 Å². The molecule has 7 heteroatoms. The Labute approximate surface area is 168 Å². The fourth-order valence-corrected chi connectivity index (χ4v) is 3.23. The molecule has 5 nitrogen and oxygen atoms in total. The molecule has 0 atom stereocenters. The van der Waals surface area contributed by atoms with Gasteiger partial charge in [0, 0.05) is 19.3 Å². The Morgan fingerprint density at radius 2 is 1.72 bits per heavy atom. The second kappa shape index (κ2) is 8.86. The van der Waals surface area contributed by atoms with Crippen LogP contribution in [0.25, 0.3) is 0 Å². The summed E-state index contributed by atoms with van der Waals surface area (Å²) in [7, 11) is 1.71. The van der Waals surface area contributed by atoms with Crippen LogP contribution < -0.4 is 4.74 Å². The lowest BCUT2D eigenvalue weighted by molar-refractivity contribution is -0.0498. The van der Waals surface area contributed by atoms with Crippen LogP contribution in [0.1, 0.15) is 32.9 Å². The lowest BCUT2D eigenvalue weighted by Gasteiger charge is -2.18. The number of halogens is 2. The third kappa shape index (κ3) is 4.99. The fraction of sp³-hybridized carbons (Fsp3) is 0.273. The number of carbonyl (C=O) groups is 1. The second-order valence-electron chi connectivity index (χ2n) is 6.87. The molecule has 0 saturated carbocycles. The van der Waals surface area contributed by atoms with Crippen molar-refractivity contribution in [2.75, 3.05) is 7.05 Å². The first kappa shape index (κ1) is 20.5. The maximum absolute atomic E-state index is 13.0. The van der Waals surface area contributed by atoms with Crippen molar-refractivity contribution in [1.29, 1.82) is 0 Å². The summed E-state index contributed by atoms with van der Waals surface area (Å²) in [5.74, 6) is -0.0428. The molecule has 0 N–H and O–H groups in total. The lowest BCUT2D eigenvalue weighted by Crippen LogP contribution is -2.27. The number of nitrogens with zero attached hydrogens (tertiary/aromatic N) is 3. The van der Waals surface area contributed by atoms with Gasteiger partial charge in [0.1, 0.15) is 5.75 Å². The number of alkyl halides is 2. The van der Waals surface area contributed by atoms with Crippen molar-refractivity contribution in [3.05, 3.63) is 82.7 Å². The normalized spacial score (nSPS) is 11.0. The van der Waals surface area contributed by atoms with Gasteiger partial charge < -0.3 is 9.64 Å². The number of hydrogen-bond acceptors (Lipinski definition) is 3. The lowest BCUT2D eigenvalue weighted by atomic mass is 10.1. The van der Waals surface area contributed by atoms with Crippen molar-refractivity contribution in [3.63, 3.8) is 0 Å². The van der Waals surface area contributed by atoms with Gasteiger partial charge >= 0.3 is 6.61 Å². The van der Waals surface area contributed by atoms with Gasteiger partial charge in [-0.1, -0.05) is 42.5 Å². The zero-order valence-electron chi connectivity index (χ0n) is 16.6. The zero-order valence-corrected chi connectivity index (χ0v) is 16.6. The number of rotatable bonds is 7. The summed E-state index contributed by atoms with van der Waals surface area (Å²) >= 11 is 0. The van der Waals surface area contributed by atoms with E-state index in [2.05, 4.69) is 9.84 Å². The molecular formula is C22H23F2N3O2. The van der Waals surface area contributed by atoms with Crippen LogP contribution in [0, 0.1) is 13.8 Å². The molecule has 0 aliphatic heterocycles. The standard InChI is InChI=1S/C22H23F2N3O2/c1-15-20(16(2)27(25-15)14-17-7-5-4-6-8-17)21(28)26(3)13-18-9-11-19(12-10-18)29-22(23)24/h4-12,22H,13-14H2,1-3H3. The minimum atomic E-state index is -2.86. The second-order valence-corrected chi connectivity index (χ2v) is 6.87. The summed E-state index contributed by atoms with van der Waals surface area (Å²) in [5, 5.41) is 4.54. The number of benzene rings is 2. The smallest absolute Gasteiger partial charge is 0.387 e. The molecule has 1 heterocycles. The van der Waals surface area contributed by atoms with Crippen LogP contribution >= 0.6 is 0 Å². The third-order valence-corrected chi connectivity index (χ3v) is 4.69. The molecule has 0 radical (unpaired) electrons. The van der Waals surface area contributed by atoms with E-state index in [4.69, 9.17) is 0 Å². The number of carbonyl (C=O) groups excluding carboxylic acids is 1. The SMILES string of the molecule is Cc1nn(Cc2ccccc2)c(C)c1C(=O)N(C)Cc1ccc(OC(F)F)cc1. The highest BCUT2D eigenvalue weighted by atomic mass is 19.3. The molecule has 29 heavy (non-hydrogen) atoms. The monoisotopic (exact) mass is 399 g/mol. The molecule has 3 aromatic rings. The van der Waals surface area contributed by atoms with Crippen molar-refractivity contribution in [1.82, 2.24) is 14.7 Å². The molecule has 0 aliphatic carbocycles. The van der Waals surface area contributed by atoms with E-state index >= 15 is 0 Å². The van der Waals surface area contributed by atoms with E-state index in [1.165, 1.54) is 12.1 Å². The Hall–Kier alpha value is -3.22. The number of amides is 1. The largest absolute Gasteiger partial charge is 0.435 e. The average Bonchev–Trinajstić information content (AvgIpc) is 2.96. The van der Waals surface area contributed by atoms with Gasteiger partial charge in [-0.05, 0) is 37.1 Å². The molecule has 0 saturated heterocycles. The Balaban J connectivity index is 1.72. The van der Waals surface area contributed by atoms with Crippen LogP contribution in [0.4, 0.5) is 8.78 Å². The minimum absolute atomic E-state index is 0.0895. The molecule has 0 aliphatic rings. The van der Waals surface area contributed by atoms with E-state index in [0.29, 0.717) is 24.3 Å². The van der Waals surface area contributed by atoms with Gasteiger partial charge in [0.05, 0.1) is 17.8 Å². The van der Waals surface area contributed by atoms with Gasteiger partial charge in [-0.3, -0.25) is 9.48 Å². The van der Waals surface area contributed by atoms with E-state index < -0.39 is 6.61 Å². The Morgan fingerprint density at radius 1 is 1.07 bits per heavy atom. The highest BCUT2D eigenvalue weighted by Crippen LogP contribution is 2.19. The highest BCUT2D eigenvalue weighted by Gasteiger charge is 2.22. The summed E-state index contributed by atoms with van der Waals surface area (Å²) in [6.45, 7) is 1.79. The van der Waals surface area contributed by atoms with Crippen molar-refractivity contribution < 1.29 is 18.3 Å².